The van der Waals surface area contributed by atoms with Crippen LogP contribution in [-0.4, -0.2) is 30.1 Å². The summed E-state index contributed by atoms with van der Waals surface area (Å²) in [5.74, 6) is 0.0961. The predicted octanol–water partition coefficient (Wildman–Crippen LogP) is 1.76. The molecule has 0 heterocycles. The molecule has 20 heavy (non-hydrogen) atoms. The molecule has 0 aromatic heterocycles. The maximum atomic E-state index is 12.2. The van der Waals surface area contributed by atoms with Crippen molar-refractivity contribution in [2.45, 2.75) is 51.9 Å². The summed E-state index contributed by atoms with van der Waals surface area (Å²) in [5.41, 5.74) is 5.74. The Morgan fingerprint density at radius 2 is 2.00 bits per heavy atom. The van der Waals surface area contributed by atoms with Crippen molar-refractivity contribution in [2.24, 2.45) is 23.5 Å². The number of aliphatic carboxylic acids is 1. The molecule has 3 atom stereocenters. The first kappa shape index (κ1) is 17.0. The highest BCUT2D eigenvalue weighted by molar-refractivity contribution is 5.79. The second-order valence-electron chi connectivity index (χ2n) is 6.00. The molecule has 1 aliphatic rings. The van der Waals surface area contributed by atoms with Crippen molar-refractivity contribution in [2.75, 3.05) is 13.1 Å². The largest absolute Gasteiger partial charge is 0.481 e. The molecule has 0 bridgehead atoms. The molecule has 5 nitrogen and oxygen atoms in total. The Balaban J connectivity index is 2.23. The second-order valence-corrected chi connectivity index (χ2v) is 6.00. The van der Waals surface area contributed by atoms with Crippen LogP contribution in [0.25, 0.3) is 0 Å². The van der Waals surface area contributed by atoms with Gasteiger partial charge in [0.1, 0.15) is 0 Å². The van der Waals surface area contributed by atoms with E-state index in [1.807, 2.05) is 6.92 Å². The zero-order valence-corrected chi connectivity index (χ0v) is 12.4. The zero-order valence-electron chi connectivity index (χ0n) is 12.4. The van der Waals surface area contributed by atoms with Crippen molar-refractivity contribution in [3.8, 4) is 0 Å². The molecule has 116 valence electrons. The average Bonchev–Trinajstić information content (AvgIpc) is 2.44. The number of carboxylic acids is 1. The van der Waals surface area contributed by atoms with Crippen molar-refractivity contribution in [1.82, 2.24) is 5.32 Å². The maximum Gasteiger partial charge on any atom is 0.303 e. The number of nitrogens with two attached hydrogens (primary N) is 1. The first-order valence-corrected chi connectivity index (χ1v) is 7.74. The van der Waals surface area contributed by atoms with Gasteiger partial charge in [-0.15, -0.1) is 0 Å². The Kier molecular flexibility index (Phi) is 7.59. The topological polar surface area (TPSA) is 92.4 Å². The van der Waals surface area contributed by atoms with E-state index >= 15 is 0 Å². The van der Waals surface area contributed by atoms with Crippen molar-refractivity contribution in [1.29, 1.82) is 0 Å². The van der Waals surface area contributed by atoms with E-state index in [0.717, 1.165) is 25.7 Å². The average molecular weight is 284 g/mol. The lowest BCUT2D eigenvalue weighted by atomic mass is 9.78. The Morgan fingerprint density at radius 1 is 1.30 bits per heavy atom. The van der Waals surface area contributed by atoms with E-state index in [9.17, 15) is 9.59 Å². The van der Waals surface area contributed by atoms with Crippen LogP contribution in [0.1, 0.15) is 51.9 Å². The molecule has 0 spiro atoms. The van der Waals surface area contributed by atoms with Crippen molar-refractivity contribution >= 4 is 11.9 Å². The Morgan fingerprint density at radius 3 is 2.65 bits per heavy atom. The lowest BCUT2D eigenvalue weighted by molar-refractivity contribution is -0.137. The van der Waals surface area contributed by atoms with E-state index in [2.05, 4.69) is 5.32 Å². The smallest absolute Gasteiger partial charge is 0.303 e. The number of amides is 1. The molecule has 4 N–H and O–H groups in total. The SMILES string of the molecule is CC(CCNC(=O)C1CCCCC1CN)CCC(=O)O. The molecule has 0 aromatic rings. The Bertz CT molecular complexity index is 320. The maximum absolute atomic E-state index is 12.2. The molecular weight excluding hydrogens is 256 g/mol. The highest BCUT2D eigenvalue weighted by Crippen LogP contribution is 2.29. The van der Waals surface area contributed by atoms with E-state index < -0.39 is 5.97 Å². The normalized spacial score (nSPS) is 24.1. The molecular formula is C15H28N2O3. The van der Waals surface area contributed by atoms with Gasteiger partial charge in [0.25, 0.3) is 0 Å². The van der Waals surface area contributed by atoms with Crippen LogP contribution in [0.15, 0.2) is 0 Å². The molecule has 1 rings (SSSR count). The third-order valence-electron chi connectivity index (χ3n) is 4.34. The van der Waals surface area contributed by atoms with Crippen molar-refractivity contribution in [3.63, 3.8) is 0 Å². The van der Waals surface area contributed by atoms with E-state index in [4.69, 9.17) is 10.8 Å². The summed E-state index contributed by atoms with van der Waals surface area (Å²) in [6.45, 7) is 3.25. The molecule has 5 heteroatoms. The van der Waals surface area contributed by atoms with Gasteiger partial charge in [-0.1, -0.05) is 19.8 Å². The molecule has 1 aliphatic carbocycles. The molecule has 1 saturated carbocycles. The predicted molar refractivity (Wildman–Crippen MR) is 78.2 cm³/mol. The van der Waals surface area contributed by atoms with Gasteiger partial charge in [-0.3, -0.25) is 9.59 Å². The second kappa shape index (κ2) is 8.95. The van der Waals surface area contributed by atoms with Crippen LogP contribution in [-0.2, 0) is 9.59 Å². The molecule has 0 saturated heterocycles. The molecule has 1 amide bonds. The summed E-state index contributed by atoms with van der Waals surface area (Å²) in [5, 5.41) is 11.6. The number of nitrogens with one attached hydrogen (secondary N) is 1. The molecule has 3 unspecified atom stereocenters. The summed E-state index contributed by atoms with van der Waals surface area (Å²) in [6.07, 6.45) is 6.00. The number of rotatable bonds is 8. The minimum absolute atomic E-state index is 0.0723. The first-order valence-electron chi connectivity index (χ1n) is 7.74. The highest BCUT2D eigenvalue weighted by Gasteiger charge is 2.29. The first-order chi connectivity index (χ1) is 9.54. The van der Waals surface area contributed by atoms with Crippen LogP contribution in [0, 0.1) is 17.8 Å². The van der Waals surface area contributed by atoms with Gasteiger partial charge in [0.2, 0.25) is 5.91 Å². The lowest BCUT2D eigenvalue weighted by Gasteiger charge is -2.29. The fourth-order valence-corrected chi connectivity index (χ4v) is 2.92. The minimum Gasteiger partial charge on any atom is -0.481 e. The number of hydrogen-bond donors (Lipinski definition) is 3. The third-order valence-corrected chi connectivity index (χ3v) is 4.34. The summed E-state index contributed by atoms with van der Waals surface area (Å²) in [6, 6.07) is 0. The van der Waals surface area contributed by atoms with Crippen molar-refractivity contribution < 1.29 is 14.7 Å². The summed E-state index contributed by atoms with van der Waals surface area (Å²) in [7, 11) is 0. The van der Waals surface area contributed by atoms with E-state index in [0.29, 0.717) is 31.3 Å². The molecule has 0 aromatic carbocycles. The monoisotopic (exact) mass is 284 g/mol. The Hall–Kier alpha value is -1.10. The fourth-order valence-electron chi connectivity index (χ4n) is 2.92. The van der Waals surface area contributed by atoms with Gasteiger partial charge in [0.05, 0.1) is 0 Å². The summed E-state index contributed by atoms with van der Waals surface area (Å²) in [4.78, 5) is 22.6. The van der Waals surface area contributed by atoms with Crippen LogP contribution in [0.5, 0.6) is 0 Å². The van der Waals surface area contributed by atoms with Crippen LogP contribution in [0.4, 0.5) is 0 Å². The zero-order chi connectivity index (χ0) is 15.0. The third kappa shape index (κ3) is 5.90. The van der Waals surface area contributed by atoms with E-state index in [1.54, 1.807) is 0 Å². The highest BCUT2D eigenvalue weighted by atomic mass is 16.4. The summed E-state index contributed by atoms with van der Waals surface area (Å²) >= 11 is 0. The van der Waals surface area contributed by atoms with Crippen LogP contribution < -0.4 is 11.1 Å². The van der Waals surface area contributed by atoms with Gasteiger partial charge < -0.3 is 16.2 Å². The molecule has 0 aliphatic heterocycles. The van der Waals surface area contributed by atoms with Crippen LogP contribution in [0.3, 0.4) is 0 Å². The van der Waals surface area contributed by atoms with Gasteiger partial charge in [-0.2, -0.15) is 0 Å². The van der Waals surface area contributed by atoms with Crippen LogP contribution >= 0.6 is 0 Å². The standard InChI is InChI=1S/C15H28N2O3/c1-11(6-7-14(18)19)8-9-17-15(20)13-5-3-2-4-12(13)10-16/h11-13H,2-10,16H2,1H3,(H,17,20)(H,18,19). The van der Waals surface area contributed by atoms with Gasteiger partial charge in [-0.25, -0.2) is 0 Å². The number of carbonyl (C=O) groups is 2. The van der Waals surface area contributed by atoms with Gasteiger partial charge in [0, 0.05) is 18.9 Å². The number of carbonyl (C=O) groups excluding carboxylic acids is 1. The summed E-state index contributed by atoms with van der Waals surface area (Å²) < 4.78 is 0. The van der Waals surface area contributed by atoms with Crippen molar-refractivity contribution in [3.05, 3.63) is 0 Å². The van der Waals surface area contributed by atoms with Crippen LogP contribution in [0.2, 0.25) is 0 Å². The van der Waals surface area contributed by atoms with E-state index in [-0.39, 0.29) is 18.2 Å². The quantitative estimate of drug-likeness (QED) is 0.633. The molecule has 0 radical (unpaired) electrons. The molecule has 1 fully saturated rings. The minimum atomic E-state index is -0.756. The Labute approximate surface area is 121 Å². The van der Waals surface area contributed by atoms with Gasteiger partial charge in [-0.05, 0) is 44.1 Å². The fraction of sp³-hybridized carbons (Fsp3) is 0.867. The van der Waals surface area contributed by atoms with Gasteiger partial charge >= 0.3 is 5.97 Å². The lowest BCUT2D eigenvalue weighted by Crippen LogP contribution is -2.40. The number of carboxylic acid groups (broad SMARTS) is 1. The van der Waals surface area contributed by atoms with E-state index in [1.165, 1.54) is 6.42 Å². The van der Waals surface area contributed by atoms with Gasteiger partial charge in [0.15, 0.2) is 0 Å². The number of hydrogen-bond acceptors (Lipinski definition) is 3.